The second-order valence-corrected chi connectivity index (χ2v) is 16.0. The second-order valence-electron chi connectivity index (χ2n) is 16.0. The highest BCUT2D eigenvalue weighted by atomic mass is 16.5. The Morgan fingerprint density at radius 2 is 1.20 bits per heavy atom. The SMILES string of the molecule is COc1ccc(C[C@@H]2NC(=O)[C@H](Cc3ccc(O)cc3)NC(=O)[C@H](CO)NC(=O)[C@H](CC(C)C)NC(=O)[C@H](C(C)C)NC(=O)CNC(=O)CNC(=O)[C@@H]3CCCN3C2=O)cc1. The van der Waals surface area contributed by atoms with Crippen LogP contribution in [-0.2, 0) is 51.2 Å². The third-order valence-corrected chi connectivity index (χ3v) is 10.4. The topological polar surface area (TPSA) is 274 Å². The van der Waals surface area contributed by atoms with Gasteiger partial charge in [0.15, 0.2) is 0 Å². The third kappa shape index (κ3) is 13.9. The summed E-state index contributed by atoms with van der Waals surface area (Å²) in [6, 6.07) is 4.96. The van der Waals surface area contributed by atoms with E-state index in [0.717, 1.165) is 0 Å². The molecule has 9 N–H and O–H groups in total. The lowest BCUT2D eigenvalue weighted by atomic mass is 9.99. The Hall–Kier alpha value is -6.24. The number of carbonyl (C=O) groups is 8. The Labute approximate surface area is 354 Å². The normalized spacial score (nSPS) is 24.4. The van der Waals surface area contributed by atoms with Gasteiger partial charge in [-0.25, -0.2) is 0 Å². The van der Waals surface area contributed by atoms with Crippen molar-refractivity contribution in [3.05, 3.63) is 59.7 Å². The fourth-order valence-electron chi connectivity index (χ4n) is 7.04. The number of carbonyl (C=O) groups excluding carboxylic acids is 8. The Morgan fingerprint density at radius 1 is 0.656 bits per heavy atom. The summed E-state index contributed by atoms with van der Waals surface area (Å²) in [5.74, 6) is -6.08. The lowest BCUT2D eigenvalue weighted by Crippen LogP contribution is -2.61. The van der Waals surface area contributed by atoms with E-state index in [2.05, 4.69) is 37.2 Å². The van der Waals surface area contributed by atoms with Gasteiger partial charge in [-0.2, -0.15) is 0 Å². The first-order valence-corrected chi connectivity index (χ1v) is 20.4. The van der Waals surface area contributed by atoms with Crippen LogP contribution >= 0.6 is 0 Å². The van der Waals surface area contributed by atoms with Crippen molar-refractivity contribution >= 4 is 47.3 Å². The maximum absolute atomic E-state index is 14.4. The second kappa shape index (κ2) is 22.4. The van der Waals surface area contributed by atoms with Crippen LogP contribution in [0.15, 0.2) is 48.5 Å². The molecule has 2 aliphatic heterocycles. The molecule has 6 atom stereocenters. The number of phenolic OH excluding ortho intramolecular Hbond substituents is 1. The molecule has 2 aromatic carbocycles. The minimum Gasteiger partial charge on any atom is -0.508 e. The van der Waals surface area contributed by atoms with E-state index in [4.69, 9.17) is 4.74 Å². The number of nitrogens with one attached hydrogen (secondary N) is 7. The van der Waals surface area contributed by atoms with Gasteiger partial charge in [-0.05, 0) is 66.5 Å². The number of hydrogen-bond acceptors (Lipinski definition) is 11. The fourth-order valence-corrected chi connectivity index (χ4v) is 7.04. The molecule has 61 heavy (non-hydrogen) atoms. The maximum Gasteiger partial charge on any atom is 0.246 e. The molecule has 332 valence electrons. The van der Waals surface area contributed by atoms with Gasteiger partial charge >= 0.3 is 0 Å². The lowest BCUT2D eigenvalue weighted by molar-refractivity contribution is -0.142. The van der Waals surface area contributed by atoms with E-state index < -0.39 is 109 Å². The minimum atomic E-state index is -1.61. The van der Waals surface area contributed by atoms with Gasteiger partial charge in [0.25, 0.3) is 0 Å². The standard InChI is InChI=1S/C42H58N8O11/c1-23(2)17-29-37(55)48-32(22-51)39(57)45-30(18-25-8-12-27(52)13-9-25)38(56)47-31(19-26-10-14-28(61-5)15-11-26)42(60)50-16-6-7-33(50)40(58)44-20-34(53)43-21-35(54)49-36(24(3)4)41(59)46-29/h8-15,23-24,29-33,36,51-52H,6-7,16-22H2,1-5H3,(H,43,53)(H,44,58)(H,45,57)(H,46,59)(H,47,56)(H,48,55)(H,49,54)/t29-,30-,31-,32-,33-,36-/m0/s1. The van der Waals surface area contributed by atoms with E-state index in [1.807, 2.05) is 0 Å². The number of fused-ring (bicyclic) bond motifs is 1. The summed E-state index contributed by atoms with van der Waals surface area (Å²) in [5, 5.41) is 38.2. The molecule has 4 rings (SSSR count). The number of benzene rings is 2. The monoisotopic (exact) mass is 850 g/mol. The number of rotatable bonds is 9. The maximum atomic E-state index is 14.4. The molecular weight excluding hydrogens is 793 g/mol. The molecule has 0 aromatic heterocycles. The van der Waals surface area contributed by atoms with E-state index in [1.54, 1.807) is 52.0 Å². The quantitative estimate of drug-likeness (QED) is 0.141. The molecule has 19 nitrogen and oxygen atoms in total. The van der Waals surface area contributed by atoms with Crippen LogP contribution in [0.1, 0.15) is 58.1 Å². The van der Waals surface area contributed by atoms with Gasteiger partial charge in [0.1, 0.15) is 47.8 Å². The molecule has 0 radical (unpaired) electrons. The smallest absolute Gasteiger partial charge is 0.246 e. The summed E-state index contributed by atoms with van der Waals surface area (Å²) >= 11 is 0. The fraction of sp³-hybridized carbons (Fsp3) is 0.524. The first kappa shape index (κ1) is 47.4. The van der Waals surface area contributed by atoms with Gasteiger partial charge in [-0.1, -0.05) is 52.0 Å². The number of aliphatic hydroxyl groups is 1. The first-order valence-electron chi connectivity index (χ1n) is 20.4. The molecule has 0 saturated carbocycles. The van der Waals surface area contributed by atoms with Crippen molar-refractivity contribution in [2.75, 3.05) is 33.4 Å². The number of aromatic hydroxyl groups is 1. The minimum absolute atomic E-state index is 0.0420. The summed E-state index contributed by atoms with van der Waals surface area (Å²) in [7, 11) is 1.50. The van der Waals surface area contributed by atoms with Crippen LogP contribution in [0, 0.1) is 11.8 Å². The van der Waals surface area contributed by atoms with Crippen molar-refractivity contribution in [3.8, 4) is 11.5 Å². The molecule has 2 aromatic rings. The molecule has 2 heterocycles. The highest BCUT2D eigenvalue weighted by molar-refractivity contribution is 5.98. The predicted molar refractivity (Wildman–Crippen MR) is 220 cm³/mol. The zero-order valence-electron chi connectivity index (χ0n) is 35.1. The van der Waals surface area contributed by atoms with Gasteiger partial charge in [0.05, 0.1) is 26.8 Å². The van der Waals surface area contributed by atoms with E-state index >= 15 is 0 Å². The first-order chi connectivity index (χ1) is 29.0. The van der Waals surface area contributed by atoms with Crippen LogP contribution in [0.4, 0.5) is 0 Å². The van der Waals surface area contributed by atoms with Gasteiger partial charge < -0.3 is 57.1 Å². The van der Waals surface area contributed by atoms with Gasteiger partial charge in [-0.15, -0.1) is 0 Å². The molecule has 2 saturated heterocycles. The predicted octanol–water partition coefficient (Wildman–Crippen LogP) is -1.46. The van der Waals surface area contributed by atoms with Crippen molar-refractivity contribution in [2.24, 2.45) is 11.8 Å². The van der Waals surface area contributed by atoms with Crippen LogP contribution < -0.4 is 42.0 Å². The van der Waals surface area contributed by atoms with Crippen molar-refractivity contribution < 1.29 is 53.3 Å². The van der Waals surface area contributed by atoms with Crippen molar-refractivity contribution in [3.63, 3.8) is 0 Å². The number of aliphatic hydroxyl groups excluding tert-OH is 1. The van der Waals surface area contributed by atoms with Crippen LogP contribution in [0.3, 0.4) is 0 Å². The van der Waals surface area contributed by atoms with Crippen LogP contribution in [0.25, 0.3) is 0 Å². The Balaban J connectivity index is 1.73. The number of hydrogen-bond donors (Lipinski definition) is 9. The zero-order valence-corrected chi connectivity index (χ0v) is 35.1. The van der Waals surface area contributed by atoms with Gasteiger partial charge in [-0.3, -0.25) is 38.4 Å². The third-order valence-electron chi connectivity index (χ3n) is 10.4. The number of phenols is 1. The largest absolute Gasteiger partial charge is 0.508 e. The molecule has 0 bridgehead atoms. The summed E-state index contributed by atoms with van der Waals surface area (Å²) in [6.07, 6.45) is 0.606. The molecule has 0 spiro atoms. The van der Waals surface area contributed by atoms with Crippen molar-refractivity contribution in [1.82, 2.24) is 42.1 Å². The molecule has 8 amide bonds. The van der Waals surface area contributed by atoms with E-state index in [0.29, 0.717) is 23.3 Å². The molecule has 0 aliphatic carbocycles. The number of amides is 8. The van der Waals surface area contributed by atoms with Gasteiger partial charge in [0.2, 0.25) is 47.3 Å². The summed E-state index contributed by atoms with van der Waals surface area (Å²) in [6.45, 7) is 5.13. The number of methoxy groups -OCH3 is 1. The van der Waals surface area contributed by atoms with E-state index in [9.17, 15) is 48.6 Å². The van der Waals surface area contributed by atoms with Gasteiger partial charge in [0, 0.05) is 19.4 Å². The molecule has 0 unspecified atom stereocenters. The molecule has 19 heteroatoms. The van der Waals surface area contributed by atoms with Crippen LogP contribution in [0.5, 0.6) is 11.5 Å². The Kier molecular flexibility index (Phi) is 17.4. The molecule has 2 fully saturated rings. The number of ether oxygens (including phenoxy) is 1. The Bertz CT molecular complexity index is 1890. The van der Waals surface area contributed by atoms with Crippen LogP contribution in [-0.4, -0.2) is 132 Å². The van der Waals surface area contributed by atoms with Crippen LogP contribution in [0.2, 0.25) is 0 Å². The average Bonchev–Trinajstić information content (AvgIpc) is 3.72. The summed E-state index contributed by atoms with van der Waals surface area (Å²) in [5.41, 5.74) is 1.12. The highest BCUT2D eigenvalue weighted by Crippen LogP contribution is 2.21. The average molecular weight is 851 g/mol. The van der Waals surface area contributed by atoms with E-state index in [1.165, 1.54) is 36.3 Å². The lowest BCUT2D eigenvalue weighted by Gasteiger charge is -2.30. The summed E-state index contributed by atoms with van der Waals surface area (Å²) < 4.78 is 5.27. The van der Waals surface area contributed by atoms with E-state index in [-0.39, 0.29) is 43.9 Å². The molecular formula is C42H58N8O11. The van der Waals surface area contributed by atoms with Crippen molar-refractivity contribution in [1.29, 1.82) is 0 Å². The van der Waals surface area contributed by atoms with Crippen molar-refractivity contribution in [2.45, 2.75) is 96.1 Å². The summed E-state index contributed by atoms with van der Waals surface area (Å²) in [4.78, 5) is 110. The Morgan fingerprint density at radius 3 is 1.80 bits per heavy atom. The molecule has 2 aliphatic rings. The number of nitrogens with zero attached hydrogens (tertiary/aromatic N) is 1. The zero-order chi connectivity index (χ0) is 44.8. The highest BCUT2D eigenvalue weighted by Gasteiger charge is 2.39.